The van der Waals surface area contributed by atoms with Crippen LogP contribution in [-0.2, 0) is 11.2 Å². The number of hydrogen-bond acceptors (Lipinski definition) is 3. The fourth-order valence-electron chi connectivity index (χ4n) is 2.36. The first-order valence-electron chi connectivity index (χ1n) is 6.46. The molecule has 0 aromatic heterocycles. The number of nitrogens with two attached hydrogens (primary N) is 1. The molecule has 0 radical (unpaired) electrons. The zero-order valence-corrected chi connectivity index (χ0v) is 10.9. The summed E-state index contributed by atoms with van der Waals surface area (Å²) in [5.74, 6) is 0.124. The first-order chi connectivity index (χ1) is 8.65. The number of hydrogen-bond donors (Lipinski definition) is 2. The van der Waals surface area contributed by atoms with Gasteiger partial charge in [0.15, 0.2) is 0 Å². The molecule has 0 spiro atoms. The van der Waals surface area contributed by atoms with Gasteiger partial charge < -0.3 is 16.0 Å². The van der Waals surface area contributed by atoms with Crippen LogP contribution in [0, 0.1) is 0 Å². The van der Waals surface area contributed by atoms with Crippen molar-refractivity contribution in [3.63, 3.8) is 0 Å². The van der Waals surface area contributed by atoms with E-state index in [-0.39, 0.29) is 5.91 Å². The fraction of sp³-hybridized carbons (Fsp3) is 0.500. The molecule has 1 aromatic carbocycles. The van der Waals surface area contributed by atoms with Crippen LogP contribution in [-0.4, -0.2) is 37.0 Å². The summed E-state index contributed by atoms with van der Waals surface area (Å²) in [6.07, 6.45) is 2.27. The van der Waals surface area contributed by atoms with Crippen molar-refractivity contribution >= 4 is 11.6 Å². The van der Waals surface area contributed by atoms with E-state index in [4.69, 9.17) is 5.73 Å². The van der Waals surface area contributed by atoms with Crippen LogP contribution in [0.4, 0.5) is 5.69 Å². The molecule has 1 aromatic rings. The molecule has 4 heteroatoms. The second kappa shape index (κ2) is 5.87. The van der Waals surface area contributed by atoms with E-state index in [2.05, 4.69) is 17.3 Å². The SMILES string of the molecule is CN1CCC(NC(=O)CCc2ccccc2N)C1. The highest BCUT2D eigenvalue weighted by molar-refractivity contribution is 5.76. The van der Waals surface area contributed by atoms with E-state index in [0.717, 1.165) is 30.8 Å². The predicted molar refractivity (Wildman–Crippen MR) is 73.2 cm³/mol. The molecule has 1 aliphatic rings. The Morgan fingerprint density at radius 2 is 2.28 bits per heavy atom. The lowest BCUT2D eigenvalue weighted by Gasteiger charge is -2.13. The number of aryl methyl sites for hydroxylation is 1. The molecule has 1 heterocycles. The smallest absolute Gasteiger partial charge is 0.220 e. The summed E-state index contributed by atoms with van der Waals surface area (Å²) in [4.78, 5) is 14.1. The highest BCUT2D eigenvalue weighted by Gasteiger charge is 2.20. The molecule has 1 fully saturated rings. The minimum absolute atomic E-state index is 0.124. The van der Waals surface area contributed by atoms with Gasteiger partial charge in [-0.3, -0.25) is 4.79 Å². The van der Waals surface area contributed by atoms with E-state index in [1.54, 1.807) is 0 Å². The number of para-hydroxylation sites is 1. The number of carbonyl (C=O) groups excluding carboxylic acids is 1. The lowest BCUT2D eigenvalue weighted by atomic mass is 10.1. The molecular formula is C14H21N3O. The van der Waals surface area contributed by atoms with Crippen LogP contribution < -0.4 is 11.1 Å². The minimum atomic E-state index is 0.124. The van der Waals surface area contributed by atoms with E-state index < -0.39 is 0 Å². The molecule has 0 aliphatic carbocycles. The van der Waals surface area contributed by atoms with Crippen LogP contribution in [0.25, 0.3) is 0 Å². The maximum atomic E-state index is 11.8. The summed E-state index contributed by atoms with van der Waals surface area (Å²) in [5.41, 5.74) is 7.67. The molecule has 18 heavy (non-hydrogen) atoms. The van der Waals surface area contributed by atoms with Crippen LogP contribution in [0.2, 0.25) is 0 Å². The molecule has 0 bridgehead atoms. The van der Waals surface area contributed by atoms with Crippen molar-refractivity contribution in [2.75, 3.05) is 25.9 Å². The van der Waals surface area contributed by atoms with Crippen LogP contribution in [0.3, 0.4) is 0 Å². The lowest BCUT2D eigenvalue weighted by Crippen LogP contribution is -2.36. The monoisotopic (exact) mass is 247 g/mol. The fourth-order valence-corrected chi connectivity index (χ4v) is 2.36. The van der Waals surface area contributed by atoms with E-state index in [0.29, 0.717) is 18.9 Å². The van der Waals surface area contributed by atoms with Crippen molar-refractivity contribution < 1.29 is 4.79 Å². The average molecular weight is 247 g/mol. The van der Waals surface area contributed by atoms with Gasteiger partial charge in [-0.25, -0.2) is 0 Å². The molecule has 1 aliphatic heterocycles. The van der Waals surface area contributed by atoms with E-state index >= 15 is 0 Å². The largest absolute Gasteiger partial charge is 0.399 e. The molecule has 2 rings (SSSR count). The Labute approximate surface area is 108 Å². The second-order valence-corrected chi connectivity index (χ2v) is 5.01. The van der Waals surface area contributed by atoms with Gasteiger partial charge in [-0.15, -0.1) is 0 Å². The van der Waals surface area contributed by atoms with Gasteiger partial charge in [0.25, 0.3) is 0 Å². The normalized spacial score (nSPS) is 19.9. The first kappa shape index (κ1) is 12.9. The number of amides is 1. The zero-order chi connectivity index (χ0) is 13.0. The van der Waals surface area contributed by atoms with Crippen molar-refractivity contribution in [3.05, 3.63) is 29.8 Å². The molecule has 98 valence electrons. The maximum absolute atomic E-state index is 11.8. The summed E-state index contributed by atoms with van der Waals surface area (Å²) in [5, 5.41) is 3.08. The topological polar surface area (TPSA) is 58.4 Å². The third kappa shape index (κ3) is 3.47. The van der Waals surface area contributed by atoms with Crippen molar-refractivity contribution in [3.8, 4) is 0 Å². The lowest BCUT2D eigenvalue weighted by molar-refractivity contribution is -0.121. The van der Waals surface area contributed by atoms with Crippen LogP contribution >= 0.6 is 0 Å². The highest BCUT2D eigenvalue weighted by atomic mass is 16.1. The van der Waals surface area contributed by atoms with Crippen molar-refractivity contribution in [2.24, 2.45) is 0 Å². The molecule has 1 amide bonds. The van der Waals surface area contributed by atoms with Gasteiger partial charge in [0.1, 0.15) is 0 Å². The van der Waals surface area contributed by atoms with Gasteiger partial charge in [-0.05, 0) is 38.1 Å². The number of anilines is 1. The Bertz CT molecular complexity index is 419. The minimum Gasteiger partial charge on any atom is -0.399 e. The maximum Gasteiger partial charge on any atom is 0.220 e. The van der Waals surface area contributed by atoms with Gasteiger partial charge in [-0.1, -0.05) is 18.2 Å². The number of carbonyl (C=O) groups is 1. The van der Waals surface area contributed by atoms with Crippen molar-refractivity contribution in [1.82, 2.24) is 10.2 Å². The summed E-state index contributed by atoms with van der Waals surface area (Å²) in [6.45, 7) is 2.02. The molecule has 4 nitrogen and oxygen atoms in total. The summed E-state index contributed by atoms with van der Waals surface area (Å²) >= 11 is 0. The average Bonchev–Trinajstić information content (AvgIpc) is 2.74. The van der Waals surface area contributed by atoms with E-state index in [1.165, 1.54) is 0 Å². The zero-order valence-electron chi connectivity index (χ0n) is 10.9. The van der Waals surface area contributed by atoms with Crippen LogP contribution in [0.1, 0.15) is 18.4 Å². The van der Waals surface area contributed by atoms with Crippen molar-refractivity contribution in [1.29, 1.82) is 0 Å². The summed E-state index contributed by atoms with van der Waals surface area (Å²) < 4.78 is 0. The summed E-state index contributed by atoms with van der Waals surface area (Å²) in [7, 11) is 2.08. The van der Waals surface area contributed by atoms with Gasteiger partial charge in [0, 0.05) is 24.7 Å². The van der Waals surface area contributed by atoms with E-state index in [1.807, 2.05) is 24.3 Å². The number of benzene rings is 1. The predicted octanol–water partition coefficient (Wildman–Crippen LogP) is 1.02. The van der Waals surface area contributed by atoms with Gasteiger partial charge in [0.05, 0.1) is 0 Å². The number of nitrogens with one attached hydrogen (secondary N) is 1. The highest BCUT2D eigenvalue weighted by Crippen LogP contribution is 2.13. The standard InChI is InChI=1S/C14H21N3O/c1-17-9-8-12(10-17)16-14(18)7-6-11-4-2-3-5-13(11)15/h2-5,12H,6-10,15H2,1H3,(H,16,18). The number of nitrogens with zero attached hydrogens (tertiary/aromatic N) is 1. The van der Waals surface area contributed by atoms with Gasteiger partial charge in [-0.2, -0.15) is 0 Å². The first-order valence-corrected chi connectivity index (χ1v) is 6.46. The molecule has 1 unspecified atom stereocenters. The molecule has 0 saturated carbocycles. The Morgan fingerprint density at radius 1 is 1.50 bits per heavy atom. The van der Waals surface area contributed by atoms with Crippen LogP contribution in [0.15, 0.2) is 24.3 Å². The summed E-state index contributed by atoms with van der Waals surface area (Å²) in [6, 6.07) is 8.03. The quantitative estimate of drug-likeness (QED) is 0.781. The molecular weight excluding hydrogens is 226 g/mol. The number of nitrogen functional groups attached to an aromatic ring is 1. The van der Waals surface area contributed by atoms with Crippen LogP contribution in [0.5, 0.6) is 0 Å². The van der Waals surface area contributed by atoms with Crippen molar-refractivity contribution in [2.45, 2.75) is 25.3 Å². The van der Waals surface area contributed by atoms with E-state index in [9.17, 15) is 4.79 Å². The number of likely N-dealkylation sites (N-methyl/N-ethyl adjacent to an activating group) is 1. The third-order valence-corrected chi connectivity index (χ3v) is 3.43. The Morgan fingerprint density at radius 3 is 2.94 bits per heavy atom. The molecule has 1 saturated heterocycles. The third-order valence-electron chi connectivity index (χ3n) is 3.43. The Kier molecular flexibility index (Phi) is 4.20. The number of likely N-dealkylation sites (tertiary alicyclic amines) is 1. The number of rotatable bonds is 4. The van der Waals surface area contributed by atoms with Gasteiger partial charge >= 0.3 is 0 Å². The Hall–Kier alpha value is -1.55. The van der Waals surface area contributed by atoms with Gasteiger partial charge in [0.2, 0.25) is 5.91 Å². The second-order valence-electron chi connectivity index (χ2n) is 5.01. The molecule has 3 N–H and O–H groups in total. The Balaban J connectivity index is 1.77. The molecule has 1 atom stereocenters.